The monoisotopic (exact) mass is 430 g/mol. The number of aryl methyl sites for hydroxylation is 1. The molecule has 0 fully saturated rings. The van der Waals surface area contributed by atoms with E-state index in [4.69, 9.17) is 0 Å². The molecule has 7 heteroatoms. The van der Waals surface area contributed by atoms with Crippen molar-refractivity contribution in [2.45, 2.75) is 13.8 Å². The van der Waals surface area contributed by atoms with Gasteiger partial charge in [0, 0.05) is 22.8 Å². The third kappa shape index (κ3) is 4.15. The molecule has 0 unspecified atom stereocenters. The summed E-state index contributed by atoms with van der Waals surface area (Å²) in [5.74, 6) is -0.336. The maximum absolute atomic E-state index is 12.2. The summed E-state index contributed by atoms with van der Waals surface area (Å²) in [4.78, 5) is 23.9. The van der Waals surface area contributed by atoms with E-state index in [9.17, 15) is 9.59 Å². The van der Waals surface area contributed by atoms with Crippen LogP contribution in [0.4, 0.5) is 11.4 Å². The second-order valence-corrected chi connectivity index (χ2v) is 7.62. The molecule has 0 saturated heterocycles. The van der Waals surface area contributed by atoms with Crippen LogP contribution >= 0.6 is 43.2 Å². The quantitative estimate of drug-likeness (QED) is 0.733. The Morgan fingerprint density at radius 1 is 1.14 bits per heavy atom. The maximum atomic E-state index is 12.2. The molecule has 2 amide bonds. The van der Waals surface area contributed by atoms with E-state index in [1.165, 1.54) is 18.3 Å². The van der Waals surface area contributed by atoms with Gasteiger partial charge in [-0.15, -0.1) is 11.3 Å². The van der Waals surface area contributed by atoms with Gasteiger partial charge in [0.15, 0.2) is 0 Å². The van der Waals surface area contributed by atoms with Gasteiger partial charge in [-0.25, -0.2) is 0 Å². The van der Waals surface area contributed by atoms with E-state index in [-0.39, 0.29) is 11.8 Å². The number of hydrogen-bond acceptors (Lipinski definition) is 3. The summed E-state index contributed by atoms with van der Waals surface area (Å²) < 4.78 is 1.72. The van der Waals surface area contributed by atoms with Crippen molar-refractivity contribution in [3.63, 3.8) is 0 Å². The Morgan fingerprint density at radius 3 is 2.43 bits per heavy atom. The Labute approximate surface area is 143 Å². The summed E-state index contributed by atoms with van der Waals surface area (Å²) in [6.07, 6.45) is 0. The normalized spacial score (nSPS) is 10.3. The van der Waals surface area contributed by atoms with Crippen LogP contribution in [-0.2, 0) is 4.79 Å². The van der Waals surface area contributed by atoms with Crippen molar-refractivity contribution in [3.05, 3.63) is 43.0 Å². The molecule has 0 aliphatic heterocycles. The standard InChI is InChI=1S/C14H12Br2N2O2S/c1-7-3-4-9(17-8(2)19)5-11(7)18-14(20)12-6-10(15)13(16)21-12/h3-6H,1-2H3,(H,17,19)(H,18,20). The van der Waals surface area contributed by atoms with Crippen LogP contribution < -0.4 is 10.6 Å². The number of amides is 2. The molecule has 2 rings (SSSR count). The van der Waals surface area contributed by atoms with Crippen LogP contribution in [0.1, 0.15) is 22.2 Å². The molecule has 110 valence electrons. The number of nitrogens with one attached hydrogen (secondary N) is 2. The van der Waals surface area contributed by atoms with E-state index in [0.29, 0.717) is 16.3 Å². The predicted octanol–water partition coefficient (Wildman–Crippen LogP) is 4.79. The molecule has 1 heterocycles. The minimum absolute atomic E-state index is 0.151. The van der Waals surface area contributed by atoms with E-state index < -0.39 is 0 Å². The molecule has 4 nitrogen and oxygen atoms in total. The zero-order chi connectivity index (χ0) is 15.6. The zero-order valence-electron chi connectivity index (χ0n) is 11.3. The predicted molar refractivity (Wildman–Crippen MR) is 93.2 cm³/mol. The fourth-order valence-electron chi connectivity index (χ4n) is 1.68. The molecule has 0 atom stereocenters. The lowest BCUT2D eigenvalue weighted by atomic mass is 10.1. The first kappa shape index (κ1) is 16.2. The molecule has 0 radical (unpaired) electrons. The van der Waals surface area contributed by atoms with Gasteiger partial charge in [0.1, 0.15) is 0 Å². The van der Waals surface area contributed by atoms with Gasteiger partial charge >= 0.3 is 0 Å². The van der Waals surface area contributed by atoms with E-state index in [2.05, 4.69) is 42.5 Å². The minimum Gasteiger partial charge on any atom is -0.326 e. The lowest BCUT2D eigenvalue weighted by molar-refractivity contribution is -0.114. The summed E-state index contributed by atoms with van der Waals surface area (Å²) in [6, 6.07) is 7.15. The summed E-state index contributed by atoms with van der Waals surface area (Å²) in [5.41, 5.74) is 2.25. The van der Waals surface area contributed by atoms with Crippen molar-refractivity contribution < 1.29 is 9.59 Å². The summed E-state index contributed by atoms with van der Waals surface area (Å²) in [7, 11) is 0. The minimum atomic E-state index is -0.186. The second kappa shape index (κ2) is 6.72. The molecule has 2 N–H and O–H groups in total. The fraction of sp³-hybridized carbons (Fsp3) is 0.143. The summed E-state index contributed by atoms with van der Waals surface area (Å²) in [5, 5.41) is 5.56. The van der Waals surface area contributed by atoms with Crippen molar-refractivity contribution in [3.8, 4) is 0 Å². The Hall–Kier alpha value is -1.18. The molecule has 0 spiro atoms. The first-order valence-corrected chi connectivity index (χ1v) is 8.41. The number of rotatable bonds is 3. The van der Waals surface area contributed by atoms with Gasteiger partial charge in [-0.1, -0.05) is 6.07 Å². The van der Waals surface area contributed by atoms with Gasteiger partial charge < -0.3 is 10.6 Å². The number of halogens is 2. The molecule has 1 aromatic heterocycles. The van der Waals surface area contributed by atoms with Crippen LogP contribution in [0.2, 0.25) is 0 Å². The number of anilines is 2. The molecule has 2 aromatic rings. The number of thiophene rings is 1. The summed E-state index contributed by atoms with van der Waals surface area (Å²) in [6.45, 7) is 3.34. The van der Waals surface area contributed by atoms with Gasteiger partial charge in [-0.2, -0.15) is 0 Å². The third-order valence-electron chi connectivity index (χ3n) is 2.68. The van der Waals surface area contributed by atoms with E-state index in [1.807, 2.05) is 13.0 Å². The maximum Gasteiger partial charge on any atom is 0.265 e. The highest BCUT2D eigenvalue weighted by atomic mass is 79.9. The Morgan fingerprint density at radius 2 is 1.86 bits per heavy atom. The Bertz CT molecular complexity index is 693. The molecule has 1 aromatic carbocycles. The van der Waals surface area contributed by atoms with Crippen LogP contribution in [-0.4, -0.2) is 11.8 Å². The van der Waals surface area contributed by atoms with Crippen molar-refractivity contribution in [1.82, 2.24) is 0 Å². The average molecular weight is 432 g/mol. The molecule has 0 saturated carbocycles. The Balaban J connectivity index is 2.22. The molecule has 0 aliphatic carbocycles. The SMILES string of the molecule is CC(=O)Nc1ccc(C)c(NC(=O)c2cc(Br)c(Br)s2)c1. The van der Waals surface area contributed by atoms with Crippen molar-refractivity contribution in [2.24, 2.45) is 0 Å². The number of carbonyl (C=O) groups excluding carboxylic acids is 2. The van der Waals surface area contributed by atoms with Gasteiger partial charge in [0.05, 0.1) is 8.66 Å². The second-order valence-electron chi connectivity index (χ2n) is 4.40. The van der Waals surface area contributed by atoms with Gasteiger partial charge in [0.25, 0.3) is 5.91 Å². The lowest BCUT2D eigenvalue weighted by Crippen LogP contribution is -2.12. The first-order valence-electron chi connectivity index (χ1n) is 6.01. The molecular formula is C14H12Br2N2O2S. The van der Waals surface area contributed by atoms with Crippen LogP contribution in [0.25, 0.3) is 0 Å². The number of carbonyl (C=O) groups is 2. The fourth-order valence-corrected chi connectivity index (χ4v) is 3.61. The van der Waals surface area contributed by atoms with Gasteiger partial charge in [-0.05, 0) is 62.5 Å². The smallest absolute Gasteiger partial charge is 0.265 e. The highest BCUT2D eigenvalue weighted by molar-refractivity contribution is 9.13. The third-order valence-corrected chi connectivity index (χ3v) is 5.93. The average Bonchev–Trinajstić information content (AvgIpc) is 2.73. The number of benzene rings is 1. The van der Waals surface area contributed by atoms with Gasteiger partial charge in [0.2, 0.25) is 5.91 Å². The van der Waals surface area contributed by atoms with E-state index in [0.717, 1.165) is 13.8 Å². The van der Waals surface area contributed by atoms with Crippen molar-refractivity contribution in [2.75, 3.05) is 10.6 Å². The number of hydrogen-bond donors (Lipinski definition) is 2. The summed E-state index contributed by atoms with van der Waals surface area (Å²) >= 11 is 8.08. The molecule has 0 aliphatic rings. The highest BCUT2D eigenvalue weighted by Crippen LogP contribution is 2.33. The zero-order valence-corrected chi connectivity index (χ0v) is 15.3. The Kier molecular flexibility index (Phi) is 5.18. The molecular weight excluding hydrogens is 420 g/mol. The van der Waals surface area contributed by atoms with Gasteiger partial charge in [-0.3, -0.25) is 9.59 Å². The first-order chi connectivity index (χ1) is 9.86. The van der Waals surface area contributed by atoms with E-state index in [1.54, 1.807) is 18.2 Å². The van der Waals surface area contributed by atoms with Crippen LogP contribution in [0.3, 0.4) is 0 Å². The van der Waals surface area contributed by atoms with Crippen LogP contribution in [0.5, 0.6) is 0 Å². The van der Waals surface area contributed by atoms with Crippen LogP contribution in [0, 0.1) is 6.92 Å². The van der Waals surface area contributed by atoms with Crippen molar-refractivity contribution >= 4 is 66.4 Å². The van der Waals surface area contributed by atoms with Crippen molar-refractivity contribution in [1.29, 1.82) is 0 Å². The topological polar surface area (TPSA) is 58.2 Å². The molecule has 21 heavy (non-hydrogen) atoms. The molecule has 0 bridgehead atoms. The van der Waals surface area contributed by atoms with Crippen LogP contribution in [0.15, 0.2) is 32.5 Å². The highest BCUT2D eigenvalue weighted by Gasteiger charge is 2.13. The lowest BCUT2D eigenvalue weighted by Gasteiger charge is -2.10. The largest absolute Gasteiger partial charge is 0.326 e. The van der Waals surface area contributed by atoms with E-state index >= 15 is 0 Å².